The molecule has 0 heterocycles. The van der Waals surface area contributed by atoms with Gasteiger partial charge in [-0.1, -0.05) is 30.3 Å². The van der Waals surface area contributed by atoms with Gasteiger partial charge in [-0.2, -0.15) is 0 Å². The summed E-state index contributed by atoms with van der Waals surface area (Å²) in [5.41, 5.74) is 1.26. The molecule has 0 aliphatic carbocycles. The molecular weight excluding hydrogens is 253 g/mol. The van der Waals surface area contributed by atoms with Gasteiger partial charge in [-0.25, -0.2) is 4.39 Å². The lowest BCUT2D eigenvalue weighted by Crippen LogP contribution is -2.25. The molecule has 2 nitrogen and oxygen atoms in total. The zero-order valence-corrected chi connectivity index (χ0v) is 11.6. The monoisotopic (exact) mass is 271 g/mol. The molecule has 2 aromatic rings. The fourth-order valence-electron chi connectivity index (χ4n) is 2.17. The highest BCUT2D eigenvalue weighted by Crippen LogP contribution is 2.15. The maximum atomic E-state index is 13.5. The summed E-state index contributed by atoms with van der Waals surface area (Å²) in [7, 11) is 0. The molecule has 0 atom stereocenters. The van der Waals surface area contributed by atoms with Crippen LogP contribution in [0.15, 0.2) is 54.6 Å². The van der Waals surface area contributed by atoms with E-state index in [0.717, 1.165) is 12.2 Å². The number of carbonyl (C=O) groups is 1. The molecule has 0 radical (unpaired) electrons. The second kappa shape index (κ2) is 6.85. The first-order valence-corrected chi connectivity index (χ1v) is 6.80. The van der Waals surface area contributed by atoms with Crippen LogP contribution in [0.4, 0.5) is 10.1 Å². The molecule has 2 rings (SSSR count). The van der Waals surface area contributed by atoms with Crippen molar-refractivity contribution in [3.05, 3.63) is 66.0 Å². The van der Waals surface area contributed by atoms with E-state index in [1.165, 1.54) is 12.1 Å². The van der Waals surface area contributed by atoms with Crippen LogP contribution in [0.5, 0.6) is 0 Å². The summed E-state index contributed by atoms with van der Waals surface area (Å²) in [6.07, 6.45) is 0.309. The zero-order chi connectivity index (χ0) is 14.4. The lowest BCUT2D eigenvalue weighted by molar-refractivity contribution is 0.0981. The average molecular weight is 271 g/mol. The number of anilines is 1. The Hall–Kier alpha value is -2.16. The van der Waals surface area contributed by atoms with Gasteiger partial charge in [-0.3, -0.25) is 4.79 Å². The van der Waals surface area contributed by atoms with Crippen molar-refractivity contribution in [1.29, 1.82) is 0 Å². The Morgan fingerprint density at radius 3 is 2.35 bits per heavy atom. The molecule has 2 aromatic carbocycles. The summed E-state index contributed by atoms with van der Waals surface area (Å²) >= 11 is 0. The molecule has 0 N–H and O–H groups in total. The number of benzene rings is 2. The van der Waals surface area contributed by atoms with Gasteiger partial charge in [0.25, 0.3) is 0 Å². The van der Waals surface area contributed by atoms with Gasteiger partial charge in [0.1, 0.15) is 5.82 Å². The molecule has 0 saturated carbocycles. The van der Waals surface area contributed by atoms with Gasteiger partial charge in [-0.05, 0) is 31.2 Å². The van der Waals surface area contributed by atoms with Gasteiger partial charge >= 0.3 is 0 Å². The van der Waals surface area contributed by atoms with E-state index >= 15 is 0 Å². The molecule has 0 aliphatic heterocycles. The van der Waals surface area contributed by atoms with E-state index in [1.807, 2.05) is 37.3 Å². The van der Waals surface area contributed by atoms with Crippen LogP contribution in [0.1, 0.15) is 23.7 Å². The van der Waals surface area contributed by atoms with Gasteiger partial charge in [-0.15, -0.1) is 0 Å². The second-order valence-electron chi connectivity index (χ2n) is 4.57. The minimum Gasteiger partial charge on any atom is -0.371 e. The van der Waals surface area contributed by atoms with E-state index in [1.54, 1.807) is 12.1 Å². The minimum atomic E-state index is -0.444. The highest BCUT2D eigenvalue weighted by Gasteiger charge is 2.12. The smallest absolute Gasteiger partial charge is 0.167 e. The number of halogens is 1. The largest absolute Gasteiger partial charge is 0.371 e. The van der Waals surface area contributed by atoms with Crippen LogP contribution < -0.4 is 4.90 Å². The van der Waals surface area contributed by atoms with Crippen molar-refractivity contribution in [2.75, 3.05) is 18.0 Å². The first kappa shape index (κ1) is 14.3. The number of carbonyl (C=O) groups excluding carboxylic acids is 1. The molecule has 0 fully saturated rings. The number of nitrogens with zero attached hydrogens (tertiary/aromatic N) is 1. The summed E-state index contributed by atoms with van der Waals surface area (Å²) in [6, 6.07) is 16.1. The van der Waals surface area contributed by atoms with Crippen molar-refractivity contribution in [3.63, 3.8) is 0 Å². The van der Waals surface area contributed by atoms with E-state index in [0.29, 0.717) is 13.0 Å². The van der Waals surface area contributed by atoms with Crippen LogP contribution in [-0.2, 0) is 0 Å². The Morgan fingerprint density at radius 1 is 1.05 bits per heavy atom. The summed E-state index contributed by atoms with van der Waals surface area (Å²) in [5.74, 6) is -0.599. The molecular formula is C17H18FNO. The molecule has 3 heteroatoms. The summed E-state index contributed by atoms with van der Waals surface area (Å²) < 4.78 is 13.5. The van der Waals surface area contributed by atoms with Crippen molar-refractivity contribution in [1.82, 2.24) is 0 Å². The Kier molecular flexibility index (Phi) is 4.88. The molecule has 0 aromatic heterocycles. The Morgan fingerprint density at radius 2 is 1.70 bits per heavy atom. The van der Waals surface area contributed by atoms with Crippen LogP contribution in [-0.4, -0.2) is 18.9 Å². The van der Waals surface area contributed by atoms with E-state index in [4.69, 9.17) is 0 Å². The maximum absolute atomic E-state index is 13.5. The number of hydrogen-bond acceptors (Lipinski definition) is 2. The van der Waals surface area contributed by atoms with Crippen molar-refractivity contribution in [2.24, 2.45) is 0 Å². The minimum absolute atomic E-state index is 0.155. The Labute approximate surface area is 118 Å². The van der Waals surface area contributed by atoms with Gasteiger partial charge in [0.05, 0.1) is 5.56 Å². The van der Waals surface area contributed by atoms with Gasteiger partial charge in [0.2, 0.25) is 0 Å². The van der Waals surface area contributed by atoms with Crippen molar-refractivity contribution < 1.29 is 9.18 Å². The summed E-state index contributed by atoms with van der Waals surface area (Å²) in [5, 5.41) is 0. The predicted molar refractivity (Wildman–Crippen MR) is 79.7 cm³/mol. The third-order valence-electron chi connectivity index (χ3n) is 3.29. The van der Waals surface area contributed by atoms with Crippen LogP contribution in [0.3, 0.4) is 0 Å². The van der Waals surface area contributed by atoms with Crippen molar-refractivity contribution >= 4 is 11.5 Å². The van der Waals surface area contributed by atoms with E-state index in [2.05, 4.69) is 4.90 Å². The van der Waals surface area contributed by atoms with E-state index in [-0.39, 0.29) is 11.3 Å². The molecule has 104 valence electrons. The molecule has 0 aliphatic rings. The first-order chi connectivity index (χ1) is 9.72. The molecule has 20 heavy (non-hydrogen) atoms. The molecule has 0 saturated heterocycles. The zero-order valence-electron chi connectivity index (χ0n) is 11.6. The third-order valence-corrected chi connectivity index (χ3v) is 3.29. The standard InChI is InChI=1S/C17H18FNO/c1-2-19(14-8-4-3-5-9-14)13-12-17(20)15-10-6-7-11-16(15)18/h3-11H,2,12-13H2,1H3. The summed E-state index contributed by atoms with van der Waals surface area (Å²) in [4.78, 5) is 14.2. The normalized spacial score (nSPS) is 10.3. The number of para-hydroxylation sites is 1. The second-order valence-corrected chi connectivity index (χ2v) is 4.57. The maximum Gasteiger partial charge on any atom is 0.167 e. The Balaban J connectivity index is 2.01. The quantitative estimate of drug-likeness (QED) is 0.742. The number of Topliss-reactive ketones (excluding diaryl/α,β-unsaturated/α-hetero) is 1. The highest BCUT2D eigenvalue weighted by molar-refractivity contribution is 5.96. The van der Waals surface area contributed by atoms with Crippen LogP contribution in [0, 0.1) is 5.82 Å². The fraction of sp³-hybridized carbons (Fsp3) is 0.235. The number of rotatable bonds is 6. The molecule has 0 unspecified atom stereocenters. The van der Waals surface area contributed by atoms with E-state index in [9.17, 15) is 9.18 Å². The lowest BCUT2D eigenvalue weighted by Gasteiger charge is -2.22. The lowest BCUT2D eigenvalue weighted by atomic mass is 10.1. The average Bonchev–Trinajstić information content (AvgIpc) is 2.49. The topological polar surface area (TPSA) is 20.3 Å². The molecule has 0 amide bonds. The van der Waals surface area contributed by atoms with Crippen LogP contribution in [0.25, 0.3) is 0 Å². The van der Waals surface area contributed by atoms with E-state index < -0.39 is 5.82 Å². The third kappa shape index (κ3) is 3.44. The van der Waals surface area contributed by atoms with Gasteiger partial charge < -0.3 is 4.90 Å². The van der Waals surface area contributed by atoms with Crippen molar-refractivity contribution in [2.45, 2.75) is 13.3 Å². The van der Waals surface area contributed by atoms with Gasteiger partial charge in [0, 0.05) is 25.2 Å². The molecule has 0 bridgehead atoms. The van der Waals surface area contributed by atoms with Gasteiger partial charge in [0.15, 0.2) is 5.78 Å². The number of ketones is 1. The summed E-state index contributed by atoms with van der Waals surface area (Å²) in [6.45, 7) is 3.45. The molecule has 0 spiro atoms. The fourth-order valence-corrected chi connectivity index (χ4v) is 2.17. The van der Waals surface area contributed by atoms with Crippen LogP contribution >= 0.6 is 0 Å². The predicted octanol–water partition coefficient (Wildman–Crippen LogP) is 3.93. The highest BCUT2D eigenvalue weighted by atomic mass is 19.1. The Bertz CT molecular complexity index is 568. The van der Waals surface area contributed by atoms with Crippen molar-refractivity contribution in [3.8, 4) is 0 Å². The first-order valence-electron chi connectivity index (χ1n) is 6.80. The SMILES string of the molecule is CCN(CCC(=O)c1ccccc1F)c1ccccc1. The number of hydrogen-bond donors (Lipinski definition) is 0. The van der Waals surface area contributed by atoms with Crippen LogP contribution in [0.2, 0.25) is 0 Å².